The predicted octanol–water partition coefficient (Wildman–Crippen LogP) is 9.12. The normalized spacial score (nSPS) is 16.8. The molecule has 0 amide bonds. The maximum absolute atomic E-state index is 14.3. The summed E-state index contributed by atoms with van der Waals surface area (Å²) in [6.45, 7) is 5.12. The highest BCUT2D eigenvalue weighted by atomic mass is 35.5. The molecule has 0 aromatic heterocycles. The van der Waals surface area contributed by atoms with Gasteiger partial charge in [-0.1, -0.05) is 67.3 Å². The van der Waals surface area contributed by atoms with Gasteiger partial charge < -0.3 is 19.7 Å². The van der Waals surface area contributed by atoms with Crippen LogP contribution in [0.1, 0.15) is 71.6 Å². The van der Waals surface area contributed by atoms with Crippen LogP contribution in [0.5, 0.6) is 11.5 Å². The number of rotatable bonds is 5. The molecule has 0 radical (unpaired) electrons. The number of nitrogens with zero attached hydrogens (tertiary/aromatic N) is 1. The number of hydrogen-bond donors (Lipinski definition) is 1. The molecule has 2 aliphatic heterocycles. The van der Waals surface area contributed by atoms with Crippen LogP contribution in [0, 0.1) is 6.92 Å². The third kappa shape index (κ3) is 4.09. The summed E-state index contributed by atoms with van der Waals surface area (Å²) in [6.07, 6.45) is 5.96. The molecule has 1 fully saturated rings. The first kappa shape index (κ1) is 26.0. The van der Waals surface area contributed by atoms with E-state index < -0.39 is 5.60 Å². The molecule has 0 unspecified atom stereocenters. The number of esters is 1. The Hall–Kier alpha value is -3.96. The highest BCUT2D eigenvalue weighted by molar-refractivity contribution is 6.30. The number of benzene rings is 4. The van der Waals surface area contributed by atoms with Gasteiger partial charge in [-0.15, -0.1) is 0 Å². The van der Waals surface area contributed by atoms with E-state index >= 15 is 0 Å². The average Bonchev–Trinajstić information content (AvgIpc) is 3.30. The highest BCUT2D eigenvalue weighted by Crippen LogP contribution is 2.60. The monoisotopic (exact) mass is 564 g/mol. The second-order valence-electron chi connectivity index (χ2n) is 11.2. The van der Waals surface area contributed by atoms with Crippen molar-refractivity contribution in [3.05, 3.63) is 112 Å². The molecule has 208 valence electrons. The topological polar surface area (TPSA) is 50.8 Å². The summed E-state index contributed by atoms with van der Waals surface area (Å²) in [6, 6.07) is 26.0. The largest absolute Gasteiger partial charge is 0.456 e. The molecule has 0 atom stereocenters. The van der Waals surface area contributed by atoms with Gasteiger partial charge in [0, 0.05) is 40.0 Å². The third-order valence-electron chi connectivity index (χ3n) is 8.84. The molecule has 3 aliphatic rings. The molecule has 0 bridgehead atoms. The van der Waals surface area contributed by atoms with Crippen molar-refractivity contribution in [1.82, 2.24) is 0 Å². The number of aryl methyl sites for hydroxylation is 1. The van der Waals surface area contributed by atoms with E-state index in [0.717, 1.165) is 58.7 Å². The Morgan fingerprint density at radius 1 is 0.927 bits per heavy atom. The Kier molecular flexibility index (Phi) is 6.43. The molecule has 41 heavy (non-hydrogen) atoms. The summed E-state index contributed by atoms with van der Waals surface area (Å²) >= 11 is 6.22. The summed E-state index contributed by atoms with van der Waals surface area (Å²) in [4.78, 5) is 16.7. The van der Waals surface area contributed by atoms with Crippen LogP contribution < -0.4 is 15.0 Å². The first-order valence-electron chi connectivity index (χ1n) is 14.6. The van der Waals surface area contributed by atoms with Gasteiger partial charge >= 0.3 is 5.97 Å². The second kappa shape index (κ2) is 10.1. The van der Waals surface area contributed by atoms with Gasteiger partial charge in [0.2, 0.25) is 0 Å². The molecule has 0 saturated heterocycles. The minimum atomic E-state index is -1.17. The number of carbonyl (C=O) groups is 1. The lowest BCUT2D eigenvalue weighted by atomic mass is 9.76. The van der Waals surface area contributed by atoms with Gasteiger partial charge in [0.25, 0.3) is 0 Å². The molecule has 2 heterocycles. The van der Waals surface area contributed by atoms with Gasteiger partial charge in [-0.05, 0) is 74.7 Å². The Balaban J connectivity index is 1.54. The Morgan fingerprint density at radius 2 is 1.56 bits per heavy atom. The minimum absolute atomic E-state index is 0.310. The number of nitrogens with one attached hydrogen (secondary N) is 1. The summed E-state index contributed by atoms with van der Waals surface area (Å²) < 4.78 is 13.1. The van der Waals surface area contributed by atoms with Crippen molar-refractivity contribution in [3.63, 3.8) is 0 Å². The van der Waals surface area contributed by atoms with Crippen molar-refractivity contribution in [1.29, 1.82) is 0 Å². The fourth-order valence-electron chi connectivity index (χ4n) is 7.02. The lowest BCUT2D eigenvalue weighted by Gasteiger charge is -2.39. The number of anilines is 3. The van der Waals surface area contributed by atoms with Crippen LogP contribution in [0.4, 0.5) is 17.1 Å². The molecular weight excluding hydrogens is 532 g/mol. The molecule has 1 aliphatic carbocycles. The fraction of sp³-hybridized carbons (Fsp3) is 0.286. The van der Waals surface area contributed by atoms with Gasteiger partial charge in [0.05, 0.1) is 16.9 Å². The molecule has 4 aromatic rings. The van der Waals surface area contributed by atoms with E-state index in [9.17, 15) is 4.79 Å². The molecule has 4 aromatic carbocycles. The number of para-hydroxylation sites is 2. The summed E-state index contributed by atoms with van der Waals surface area (Å²) in [5.41, 5.74) is 5.69. The van der Waals surface area contributed by atoms with Crippen LogP contribution >= 0.6 is 11.6 Å². The Morgan fingerprint density at radius 3 is 2.20 bits per heavy atom. The van der Waals surface area contributed by atoms with E-state index in [4.69, 9.17) is 21.1 Å². The van der Waals surface area contributed by atoms with Crippen LogP contribution in [-0.2, 0) is 10.3 Å². The number of halogens is 1. The van der Waals surface area contributed by atoms with Crippen molar-refractivity contribution < 1.29 is 14.3 Å². The minimum Gasteiger partial charge on any atom is -0.456 e. The van der Waals surface area contributed by atoms with Crippen molar-refractivity contribution in [2.24, 2.45) is 0 Å². The predicted molar refractivity (Wildman–Crippen MR) is 164 cm³/mol. The van der Waals surface area contributed by atoms with Gasteiger partial charge in [0.15, 0.2) is 5.60 Å². The van der Waals surface area contributed by atoms with Crippen LogP contribution in [0.3, 0.4) is 0 Å². The zero-order valence-corrected chi connectivity index (χ0v) is 24.1. The molecule has 7 rings (SSSR count). The molecule has 6 heteroatoms. The lowest BCUT2D eigenvalue weighted by Crippen LogP contribution is -2.38. The Labute approximate surface area is 246 Å². The zero-order valence-electron chi connectivity index (χ0n) is 23.4. The van der Waals surface area contributed by atoms with E-state index in [0.29, 0.717) is 28.1 Å². The molecule has 1 spiro atoms. The van der Waals surface area contributed by atoms with Crippen LogP contribution in [0.2, 0.25) is 5.02 Å². The van der Waals surface area contributed by atoms with E-state index in [2.05, 4.69) is 30.1 Å². The van der Waals surface area contributed by atoms with Crippen LogP contribution in [0.15, 0.2) is 78.9 Å². The number of carbonyl (C=O) groups excluding carboxylic acids is 1. The van der Waals surface area contributed by atoms with Crippen molar-refractivity contribution in [2.75, 3.05) is 16.8 Å². The first-order valence-corrected chi connectivity index (χ1v) is 15.0. The molecule has 1 N–H and O–H groups in total. The standard InChI is InChI=1S/C35H33ClN2O3/c1-3-38(25-11-5-4-6-12-25)28-21-22(2)33(37-24-19-17-23(36)18-20-24)32-31(28)34(39)41-35(32)26-13-7-9-15-29(26)40-30-16-10-8-14-27(30)35/h7-10,13-21,25,37H,3-6,11-12H2,1-2H3. The van der Waals surface area contributed by atoms with Crippen LogP contribution in [-0.4, -0.2) is 18.6 Å². The van der Waals surface area contributed by atoms with E-state index in [-0.39, 0.29) is 5.97 Å². The number of ether oxygens (including phenoxy) is 2. The Bertz CT molecular complexity index is 1600. The van der Waals surface area contributed by atoms with E-state index in [1.807, 2.05) is 72.8 Å². The molecule has 5 nitrogen and oxygen atoms in total. The van der Waals surface area contributed by atoms with Crippen LogP contribution in [0.25, 0.3) is 0 Å². The molecule has 1 saturated carbocycles. The maximum Gasteiger partial charge on any atom is 0.342 e. The number of hydrogen-bond acceptors (Lipinski definition) is 5. The van der Waals surface area contributed by atoms with E-state index in [1.165, 1.54) is 19.3 Å². The highest BCUT2D eigenvalue weighted by Gasteiger charge is 2.56. The third-order valence-corrected chi connectivity index (χ3v) is 9.09. The van der Waals surface area contributed by atoms with Gasteiger partial charge in [-0.2, -0.15) is 0 Å². The molecular formula is C35H33ClN2O3. The lowest BCUT2D eigenvalue weighted by molar-refractivity contribution is 0.0226. The van der Waals surface area contributed by atoms with Gasteiger partial charge in [-0.3, -0.25) is 0 Å². The van der Waals surface area contributed by atoms with E-state index in [1.54, 1.807) is 0 Å². The van der Waals surface area contributed by atoms with Crippen molar-refractivity contribution >= 4 is 34.6 Å². The SMILES string of the molecule is CCN(c1cc(C)c(Nc2ccc(Cl)cc2)c2c1C(=O)OC21c2ccccc2Oc2ccccc21)C1CCCCC1. The van der Waals surface area contributed by atoms with Gasteiger partial charge in [0.1, 0.15) is 11.5 Å². The van der Waals surface area contributed by atoms with Crippen molar-refractivity contribution in [3.8, 4) is 11.5 Å². The smallest absolute Gasteiger partial charge is 0.342 e. The maximum atomic E-state index is 14.3. The average molecular weight is 565 g/mol. The first-order chi connectivity index (χ1) is 20.0. The number of fused-ring (bicyclic) bond motifs is 6. The van der Waals surface area contributed by atoms with Gasteiger partial charge in [-0.25, -0.2) is 4.79 Å². The van der Waals surface area contributed by atoms with Crippen molar-refractivity contribution in [2.45, 2.75) is 57.6 Å². The second-order valence-corrected chi connectivity index (χ2v) is 11.6. The quantitative estimate of drug-likeness (QED) is 0.245. The summed E-state index contributed by atoms with van der Waals surface area (Å²) in [7, 11) is 0. The fourth-order valence-corrected chi connectivity index (χ4v) is 7.14. The summed E-state index contributed by atoms with van der Waals surface area (Å²) in [5.74, 6) is 1.06. The summed E-state index contributed by atoms with van der Waals surface area (Å²) in [5, 5.41) is 4.33. The zero-order chi connectivity index (χ0) is 28.1.